The number of H-pyrrole nitrogens is 1. The summed E-state index contributed by atoms with van der Waals surface area (Å²) in [6.45, 7) is 4.30. The van der Waals surface area contributed by atoms with Crippen molar-refractivity contribution in [3.8, 4) is 0 Å². The third-order valence-corrected chi connectivity index (χ3v) is 3.12. The standard InChI is InChI=1S/C14H15N5O/c1-9-6-10(2)19-13(18-9)12(8-17-19)14(20)16-7-11-4-3-5-15-11/h3-6,8,15H,7H2,1-2H3,(H,16,20). The fourth-order valence-corrected chi connectivity index (χ4v) is 2.18. The zero-order valence-electron chi connectivity index (χ0n) is 11.3. The lowest BCUT2D eigenvalue weighted by molar-refractivity contribution is 0.0952. The van der Waals surface area contributed by atoms with E-state index in [2.05, 4.69) is 20.4 Å². The molecule has 0 unspecified atom stereocenters. The van der Waals surface area contributed by atoms with Gasteiger partial charge in [-0.2, -0.15) is 5.10 Å². The molecule has 102 valence electrons. The number of carbonyl (C=O) groups is 1. The van der Waals surface area contributed by atoms with Crippen LogP contribution in [-0.4, -0.2) is 25.5 Å². The second kappa shape index (κ2) is 4.80. The lowest BCUT2D eigenvalue weighted by Crippen LogP contribution is -2.23. The van der Waals surface area contributed by atoms with E-state index in [9.17, 15) is 4.79 Å². The van der Waals surface area contributed by atoms with Gasteiger partial charge >= 0.3 is 0 Å². The summed E-state index contributed by atoms with van der Waals surface area (Å²) in [5, 5.41) is 7.07. The number of aromatic amines is 1. The predicted molar refractivity (Wildman–Crippen MR) is 74.4 cm³/mol. The molecule has 3 aromatic rings. The SMILES string of the molecule is Cc1cc(C)n2ncc(C(=O)NCc3ccc[nH]3)c2n1. The first-order chi connectivity index (χ1) is 9.65. The van der Waals surface area contributed by atoms with Crippen LogP contribution in [0.15, 0.2) is 30.6 Å². The highest BCUT2D eigenvalue weighted by Crippen LogP contribution is 2.11. The van der Waals surface area contributed by atoms with Crippen molar-refractivity contribution in [1.82, 2.24) is 24.9 Å². The van der Waals surface area contributed by atoms with Gasteiger partial charge in [-0.1, -0.05) is 0 Å². The molecule has 6 nitrogen and oxygen atoms in total. The van der Waals surface area contributed by atoms with E-state index < -0.39 is 0 Å². The Balaban J connectivity index is 1.88. The lowest BCUT2D eigenvalue weighted by atomic mass is 10.3. The molecule has 0 aliphatic heterocycles. The Bertz CT molecular complexity index is 757. The minimum absolute atomic E-state index is 0.174. The van der Waals surface area contributed by atoms with Crippen molar-refractivity contribution in [3.63, 3.8) is 0 Å². The molecule has 0 aromatic carbocycles. The van der Waals surface area contributed by atoms with E-state index in [1.165, 1.54) is 0 Å². The van der Waals surface area contributed by atoms with Gasteiger partial charge in [0.2, 0.25) is 0 Å². The molecule has 2 N–H and O–H groups in total. The Morgan fingerprint density at radius 3 is 3.05 bits per heavy atom. The highest BCUT2D eigenvalue weighted by Gasteiger charge is 2.15. The molecule has 0 saturated heterocycles. The minimum atomic E-state index is -0.174. The number of amides is 1. The Morgan fingerprint density at radius 2 is 2.30 bits per heavy atom. The molecule has 20 heavy (non-hydrogen) atoms. The van der Waals surface area contributed by atoms with Gasteiger partial charge in [-0.3, -0.25) is 4.79 Å². The molecule has 0 spiro atoms. The van der Waals surface area contributed by atoms with Crippen LogP contribution in [-0.2, 0) is 6.54 Å². The van der Waals surface area contributed by atoms with Crippen LogP contribution >= 0.6 is 0 Å². The molecule has 6 heteroatoms. The van der Waals surface area contributed by atoms with Crippen LogP contribution in [0.4, 0.5) is 0 Å². The first-order valence-electron chi connectivity index (χ1n) is 6.37. The van der Waals surface area contributed by atoms with E-state index in [0.29, 0.717) is 17.8 Å². The monoisotopic (exact) mass is 269 g/mol. The van der Waals surface area contributed by atoms with Crippen molar-refractivity contribution in [2.75, 3.05) is 0 Å². The lowest BCUT2D eigenvalue weighted by Gasteiger charge is -2.04. The summed E-state index contributed by atoms with van der Waals surface area (Å²) in [5.41, 5.74) is 3.86. The maximum Gasteiger partial charge on any atom is 0.257 e. The van der Waals surface area contributed by atoms with E-state index in [1.54, 1.807) is 10.7 Å². The van der Waals surface area contributed by atoms with Crippen LogP contribution in [0, 0.1) is 13.8 Å². The second-order valence-corrected chi connectivity index (χ2v) is 4.71. The third kappa shape index (κ3) is 2.16. The van der Waals surface area contributed by atoms with Gasteiger partial charge in [0, 0.05) is 23.3 Å². The Morgan fingerprint density at radius 1 is 1.45 bits per heavy atom. The molecule has 3 aromatic heterocycles. The fourth-order valence-electron chi connectivity index (χ4n) is 2.18. The van der Waals surface area contributed by atoms with Crippen LogP contribution in [0.1, 0.15) is 27.4 Å². The molecule has 0 atom stereocenters. The normalized spacial score (nSPS) is 10.9. The first-order valence-corrected chi connectivity index (χ1v) is 6.37. The fraction of sp³-hybridized carbons (Fsp3) is 0.214. The van der Waals surface area contributed by atoms with Crippen molar-refractivity contribution < 1.29 is 4.79 Å². The van der Waals surface area contributed by atoms with Gasteiger partial charge < -0.3 is 10.3 Å². The molecule has 1 amide bonds. The number of rotatable bonds is 3. The van der Waals surface area contributed by atoms with Gasteiger partial charge in [0.25, 0.3) is 5.91 Å². The van der Waals surface area contributed by atoms with E-state index in [-0.39, 0.29) is 5.91 Å². The summed E-state index contributed by atoms with van der Waals surface area (Å²) >= 11 is 0. The number of hydrogen-bond acceptors (Lipinski definition) is 3. The van der Waals surface area contributed by atoms with Crippen LogP contribution < -0.4 is 5.32 Å². The van der Waals surface area contributed by atoms with E-state index >= 15 is 0 Å². The summed E-state index contributed by atoms with van der Waals surface area (Å²) in [6, 6.07) is 5.74. The highest BCUT2D eigenvalue weighted by atomic mass is 16.1. The number of aromatic nitrogens is 4. The average Bonchev–Trinajstić information content (AvgIpc) is 3.04. The number of aryl methyl sites for hydroxylation is 2. The summed E-state index contributed by atoms with van der Waals surface area (Å²) in [7, 11) is 0. The summed E-state index contributed by atoms with van der Waals surface area (Å²) in [6.07, 6.45) is 3.38. The van der Waals surface area contributed by atoms with Crippen molar-refractivity contribution in [1.29, 1.82) is 0 Å². The average molecular weight is 269 g/mol. The number of nitrogens with one attached hydrogen (secondary N) is 2. The van der Waals surface area contributed by atoms with Crippen molar-refractivity contribution in [2.24, 2.45) is 0 Å². The van der Waals surface area contributed by atoms with Crippen LogP contribution in [0.25, 0.3) is 5.65 Å². The van der Waals surface area contributed by atoms with E-state index in [0.717, 1.165) is 17.1 Å². The maximum absolute atomic E-state index is 12.2. The van der Waals surface area contributed by atoms with Crippen molar-refractivity contribution in [3.05, 3.63) is 53.2 Å². The summed E-state index contributed by atoms with van der Waals surface area (Å²) in [5.74, 6) is -0.174. The Labute approximate surface area is 115 Å². The van der Waals surface area contributed by atoms with Gasteiger partial charge in [-0.15, -0.1) is 0 Å². The number of carbonyl (C=O) groups excluding carboxylic acids is 1. The largest absolute Gasteiger partial charge is 0.364 e. The number of hydrogen-bond donors (Lipinski definition) is 2. The highest BCUT2D eigenvalue weighted by molar-refractivity contribution is 5.99. The van der Waals surface area contributed by atoms with Crippen molar-refractivity contribution in [2.45, 2.75) is 20.4 Å². The zero-order valence-corrected chi connectivity index (χ0v) is 11.3. The van der Waals surface area contributed by atoms with Gasteiger partial charge in [0.05, 0.1) is 12.7 Å². The summed E-state index contributed by atoms with van der Waals surface area (Å²) < 4.78 is 1.68. The van der Waals surface area contributed by atoms with E-state index in [4.69, 9.17) is 0 Å². The first kappa shape index (κ1) is 12.4. The maximum atomic E-state index is 12.2. The molecule has 0 aliphatic rings. The Hall–Kier alpha value is -2.63. The van der Waals surface area contributed by atoms with Gasteiger partial charge in [-0.25, -0.2) is 9.50 Å². The molecular formula is C14H15N5O. The number of fused-ring (bicyclic) bond motifs is 1. The molecule has 3 rings (SSSR count). The predicted octanol–water partition coefficient (Wildman–Crippen LogP) is 1.60. The quantitative estimate of drug-likeness (QED) is 0.758. The molecule has 3 heterocycles. The molecule has 0 fully saturated rings. The second-order valence-electron chi connectivity index (χ2n) is 4.71. The Kier molecular flexibility index (Phi) is 2.98. The molecule has 0 aliphatic carbocycles. The smallest absolute Gasteiger partial charge is 0.257 e. The van der Waals surface area contributed by atoms with Crippen LogP contribution in [0.5, 0.6) is 0 Å². The third-order valence-electron chi connectivity index (χ3n) is 3.12. The zero-order chi connectivity index (χ0) is 14.1. The van der Waals surface area contributed by atoms with Gasteiger partial charge in [-0.05, 0) is 32.0 Å². The van der Waals surface area contributed by atoms with Crippen LogP contribution in [0.3, 0.4) is 0 Å². The molecular weight excluding hydrogens is 254 g/mol. The molecule has 0 saturated carbocycles. The van der Waals surface area contributed by atoms with Gasteiger partial charge in [0.1, 0.15) is 5.56 Å². The minimum Gasteiger partial charge on any atom is -0.364 e. The molecule has 0 radical (unpaired) electrons. The van der Waals surface area contributed by atoms with Crippen molar-refractivity contribution >= 4 is 11.6 Å². The van der Waals surface area contributed by atoms with Crippen LogP contribution in [0.2, 0.25) is 0 Å². The van der Waals surface area contributed by atoms with Gasteiger partial charge in [0.15, 0.2) is 5.65 Å². The molecule has 0 bridgehead atoms. The number of nitrogens with zero attached hydrogens (tertiary/aromatic N) is 3. The topological polar surface area (TPSA) is 75.1 Å². The summed E-state index contributed by atoms with van der Waals surface area (Å²) in [4.78, 5) is 19.7. The van der Waals surface area contributed by atoms with E-state index in [1.807, 2.05) is 38.2 Å².